The molecule has 0 aromatic heterocycles. The summed E-state index contributed by atoms with van der Waals surface area (Å²) in [4.78, 5) is 12.3. The summed E-state index contributed by atoms with van der Waals surface area (Å²) in [6, 6.07) is 8.05. The lowest BCUT2D eigenvalue weighted by Crippen LogP contribution is -2.16. The van der Waals surface area contributed by atoms with E-state index in [9.17, 15) is 18.0 Å². The molecule has 0 heterocycles. The molecule has 0 fully saturated rings. The van der Waals surface area contributed by atoms with Crippen molar-refractivity contribution in [3.05, 3.63) is 53.3 Å². The van der Waals surface area contributed by atoms with Gasteiger partial charge in [0.2, 0.25) is 0 Å². The van der Waals surface area contributed by atoms with Crippen molar-refractivity contribution in [2.24, 2.45) is 0 Å². The number of ether oxygens (including phenoxy) is 2. The molecule has 0 saturated carbocycles. The van der Waals surface area contributed by atoms with Crippen LogP contribution in [0.5, 0.6) is 11.5 Å². The Morgan fingerprint density at radius 1 is 1.22 bits per heavy atom. The predicted octanol–water partition coefficient (Wildman–Crippen LogP) is 4.00. The van der Waals surface area contributed by atoms with Crippen LogP contribution in [-0.2, 0) is 0 Å². The second-order valence-electron chi connectivity index (χ2n) is 4.63. The first-order valence-electron chi connectivity index (χ1n) is 6.61. The molecule has 0 spiro atoms. The molecule has 7 heteroatoms. The third kappa shape index (κ3) is 3.94. The lowest BCUT2D eigenvalue weighted by molar-refractivity contribution is -0.0515. The lowest BCUT2D eigenvalue weighted by Gasteiger charge is -2.15. The topological polar surface area (TPSA) is 47.6 Å². The van der Waals surface area contributed by atoms with E-state index in [1.165, 1.54) is 37.4 Å². The number of alkyl halides is 2. The molecular weight excluding hydrogens is 311 g/mol. The summed E-state index contributed by atoms with van der Waals surface area (Å²) in [7, 11) is 1.27. The first-order valence-corrected chi connectivity index (χ1v) is 6.61. The molecule has 1 amide bonds. The van der Waals surface area contributed by atoms with Crippen molar-refractivity contribution in [2.75, 3.05) is 12.4 Å². The van der Waals surface area contributed by atoms with Gasteiger partial charge in [-0.1, -0.05) is 12.1 Å². The van der Waals surface area contributed by atoms with Crippen LogP contribution in [0.3, 0.4) is 0 Å². The summed E-state index contributed by atoms with van der Waals surface area (Å²) >= 11 is 0. The molecule has 2 aromatic rings. The largest absolute Gasteiger partial charge is 0.493 e. The van der Waals surface area contributed by atoms with Crippen LogP contribution in [0.4, 0.5) is 18.9 Å². The zero-order valence-electron chi connectivity index (χ0n) is 12.4. The van der Waals surface area contributed by atoms with Crippen molar-refractivity contribution < 1.29 is 27.4 Å². The summed E-state index contributed by atoms with van der Waals surface area (Å²) < 4.78 is 47.7. The molecule has 2 rings (SSSR count). The molecule has 0 atom stereocenters. The number of benzene rings is 2. The van der Waals surface area contributed by atoms with Crippen molar-refractivity contribution in [3.63, 3.8) is 0 Å². The summed E-state index contributed by atoms with van der Waals surface area (Å²) in [6.45, 7) is -1.44. The van der Waals surface area contributed by atoms with Crippen LogP contribution in [0.25, 0.3) is 0 Å². The van der Waals surface area contributed by atoms with Crippen LogP contribution in [-0.4, -0.2) is 19.6 Å². The minimum atomic E-state index is -3.12. The van der Waals surface area contributed by atoms with Gasteiger partial charge in [0.25, 0.3) is 5.91 Å². The van der Waals surface area contributed by atoms with Crippen LogP contribution in [0.1, 0.15) is 15.9 Å². The Morgan fingerprint density at radius 2 is 1.96 bits per heavy atom. The molecule has 2 aromatic carbocycles. The van der Waals surface area contributed by atoms with Crippen LogP contribution in [0, 0.1) is 12.7 Å². The minimum absolute atomic E-state index is 0.00564. The van der Waals surface area contributed by atoms with Crippen molar-refractivity contribution >= 4 is 11.6 Å². The van der Waals surface area contributed by atoms with Gasteiger partial charge in [-0.2, -0.15) is 8.78 Å². The van der Waals surface area contributed by atoms with E-state index in [2.05, 4.69) is 10.1 Å². The first kappa shape index (κ1) is 16.7. The van der Waals surface area contributed by atoms with E-state index < -0.39 is 18.3 Å². The van der Waals surface area contributed by atoms with Crippen molar-refractivity contribution in [1.82, 2.24) is 0 Å². The third-order valence-electron chi connectivity index (χ3n) is 3.10. The number of para-hydroxylation sites is 1. The van der Waals surface area contributed by atoms with Crippen molar-refractivity contribution in [2.45, 2.75) is 13.5 Å². The van der Waals surface area contributed by atoms with E-state index in [0.29, 0.717) is 5.56 Å². The molecule has 0 unspecified atom stereocenters. The van der Waals surface area contributed by atoms with Crippen molar-refractivity contribution in [1.29, 1.82) is 0 Å². The summed E-state index contributed by atoms with van der Waals surface area (Å²) in [6.07, 6.45) is 0. The maximum absolute atomic E-state index is 13.3. The first-order chi connectivity index (χ1) is 10.9. The number of methoxy groups -OCH3 is 1. The molecular formula is C16H14F3NO3. The monoisotopic (exact) mass is 325 g/mol. The molecule has 0 aliphatic carbocycles. The third-order valence-corrected chi connectivity index (χ3v) is 3.10. The normalized spacial score (nSPS) is 10.5. The number of hydrogen-bond acceptors (Lipinski definition) is 3. The molecule has 0 aliphatic heterocycles. The Hall–Kier alpha value is -2.70. The highest BCUT2D eigenvalue weighted by Crippen LogP contribution is 2.33. The maximum atomic E-state index is 13.3. The number of hydrogen-bond donors (Lipinski definition) is 1. The van der Waals surface area contributed by atoms with E-state index in [1.807, 2.05) is 0 Å². The molecule has 1 N–H and O–H groups in total. The van der Waals surface area contributed by atoms with Crippen LogP contribution >= 0.6 is 0 Å². The quantitative estimate of drug-likeness (QED) is 0.904. The predicted molar refractivity (Wildman–Crippen MR) is 78.7 cm³/mol. The second kappa shape index (κ2) is 7.04. The Balaban J connectivity index is 2.37. The van der Waals surface area contributed by atoms with Gasteiger partial charge in [-0.15, -0.1) is 0 Å². The summed E-state index contributed by atoms with van der Waals surface area (Å²) in [5.74, 6) is -1.63. The van der Waals surface area contributed by atoms with Gasteiger partial charge < -0.3 is 14.8 Å². The van der Waals surface area contributed by atoms with E-state index in [-0.39, 0.29) is 22.7 Å². The number of carbonyl (C=O) groups excluding carboxylic acids is 1. The number of carbonyl (C=O) groups is 1. The van der Waals surface area contributed by atoms with Crippen LogP contribution in [0.2, 0.25) is 0 Å². The van der Waals surface area contributed by atoms with Crippen LogP contribution < -0.4 is 14.8 Å². The van der Waals surface area contributed by atoms with Crippen molar-refractivity contribution in [3.8, 4) is 11.5 Å². The number of aryl methyl sites for hydroxylation is 1. The standard InChI is InChI=1S/C16H14F3NO3/c1-9-6-7-10(17)8-12(9)20-15(21)11-4-3-5-13(22-2)14(11)23-16(18)19/h3-8,16H,1-2H3,(H,20,21). The Bertz CT molecular complexity index is 720. The summed E-state index contributed by atoms with van der Waals surface area (Å²) in [5, 5.41) is 2.47. The van der Waals surface area contributed by atoms with E-state index >= 15 is 0 Å². The average molecular weight is 325 g/mol. The van der Waals surface area contributed by atoms with Gasteiger partial charge in [0.15, 0.2) is 11.5 Å². The molecule has 4 nitrogen and oxygen atoms in total. The molecule has 0 saturated heterocycles. The lowest BCUT2D eigenvalue weighted by atomic mass is 10.1. The fraction of sp³-hybridized carbons (Fsp3) is 0.188. The van der Waals surface area contributed by atoms with Gasteiger partial charge in [-0.25, -0.2) is 4.39 Å². The molecule has 23 heavy (non-hydrogen) atoms. The number of amides is 1. The van der Waals surface area contributed by atoms with E-state index in [0.717, 1.165) is 6.07 Å². The zero-order chi connectivity index (χ0) is 17.0. The second-order valence-corrected chi connectivity index (χ2v) is 4.63. The smallest absolute Gasteiger partial charge is 0.387 e. The fourth-order valence-electron chi connectivity index (χ4n) is 1.98. The van der Waals surface area contributed by atoms with Gasteiger partial charge in [-0.3, -0.25) is 4.79 Å². The molecule has 0 aliphatic rings. The number of anilines is 1. The zero-order valence-corrected chi connectivity index (χ0v) is 12.4. The molecule has 122 valence electrons. The highest BCUT2D eigenvalue weighted by molar-refractivity contribution is 6.07. The number of halogens is 3. The fourth-order valence-corrected chi connectivity index (χ4v) is 1.98. The Labute approximate surface area is 130 Å². The number of rotatable bonds is 5. The van der Waals surface area contributed by atoms with Crippen LogP contribution in [0.15, 0.2) is 36.4 Å². The van der Waals surface area contributed by atoms with Gasteiger partial charge in [0, 0.05) is 5.69 Å². The van der Waals surface area contributed by atoms with Gasteiger partial charge >= 0.3 is 6.61 Å². The maximum Gasteiger partial charge on any atom is 0.387 e. The number of nitrogens with one attached hydrogen (secondary N) is 1. The van der Waals surface area contributed by atoms with E-state index in [4.69, 9.17) is 4.74 Å². The highest BCUT2D eigenvalue weighted by Gasteiger charge is 2.20. The Kier molecular flexibility index (Phi) is 5.10. The SMILES string of the molecule is COc1cccc(C(=O)Nc2cc(F)ccc2C)c1OC(F)F. The summed E-state index contributed by atoms with van der Waals surface area (Å²) in [5.41, 5.74) is 0.716. The molecule has 0 radical (unpaired) electrons. The van der Waals surface area contributed by atoms with Gasteiger partial charge in [-0.05, 0) is 36.8 Å². The average Bonchev–Trinajstić information content (AvgIpc) is 2.50. The van der Waals surface area contributed by atoms with E-state index in [1.54, 1.807) is 6.92 Å². The molecule has 0 bridgehead atoms. The van der Waals surface area contributed by atoms with Gasteiger partial charge in [0.05, 0.1) is 12.7 Å². The minimum Gasteiger partial charge on any atom is -0.493 e. The Morgan fingerprint density at radius 3 is 2.61 bits per heavy atom. The van der Waals surface area contributed by atoms with Gasteiger partial charge in [0.1, 0.15) is 5.82 Å². The highest BCUT2D eigenvalue weighted by atomic mass is 19.3.